The number of ketones is 1. The first-order chi connectivity index (χ1) is 12.1. The number of nitrogen functional groups attached to an aromatic ring is 1. The summed E-state index contributed by atoms with van der Waals surface area (Å²) in [5.74, 6) is 0.739. The van der Waals surface area contributed by atoms with Gasteiger partial charge in [-0.2, -0.15) is 0 Å². The quantitative estimate of drug-likeness (QED) is 0.649. The molecule has 1 heterocycles. The molecule has 1 aliphatic carbocycles. The highest BCUT2D eigenvalue weighted by Crippen LogP contribution is 2.39. The van der Waals surface area contributed by atoms with E-state index in [4.69, 9.17) is 5.73 Å². The lowest BCUT2D eigenvalue weighted by molar-refractivity contribution is 0.103. The Kier molecular flexibility index (Phi) is 4.18. The molecule has 25 heavy (non-hydrogen) atoms. The zero-order valence-corrected chi connectivity index (χ0v) is 15.1. The summed E-state index contributed by atoms with van der Waals surface area (Å²) in [5, 5.41) is 0.677. The number of nitrogens with two attached hydrogens (primary N) is 1. The fourth-order valence-corrected chi connectivity index (χ4v) is 4.89. The topological polar surface area (TPSA) is 43.1 Å². The van der Waals surface area contributed by atoms with Crippen LogP contribution in [0.2, 0.25) is 0 Å². The molecule has 0 amide bonds. The van der Waals surface area contributed by atoms with Gasteiger partial charge in [0.05, 0.1) is 10.6 Å². The summed E-state index contributed by atoms with van der Waals surface area (Å²) in [4.78, 5) is 14.4. The van der Waals surface area contributed by atoms with Crippen LogP contribution in [0.1, 0.15) is 39.7 Å². The molecule has 1 aliphatic rings. The summed E-state index contributed by atoms with van der Waals surface area (Å²) in [6.45, 7) is 2.27. The maximum atomic E-state index is 13.1. The molecule has 126 valence electrons. The molecule has 3 heteroatoms. The molecule has 3 aromatic rings. The van der Waals surface area contributed by atoms with Crippen LogP contribution in [0.25, 0.3) is 11.1 Å². The minimum atomic E-state index is 0.0594. The van der Waals surface area contributed by atoms with Crippen molar-refractivity contribution in [2.24, 2.45) is 5.92 Å². The van der Waals surface area contributed by atoms with Crippen LogP contribution in [0.4, 0.5) is 5.00 Å². The van der Waals surface area contributed by atoms with Crippen molar-refractivity contribution in [2.45, 2.75) is 26.2 Å². The highest BCUT2D eigenvalue weighted by molar-refractivity contribution is 7.16. The Labute approximate surface area is 152 Å². The van der Waals surface area contributed by atoms with Crippen molar-refractivity contribution in [3.05, 3.63) is 76.2 Å². The van der Waals surface area contributed by atoms with Crippen molar-refractivity contribution in [3.63, 3.8) is 0 Å². The molecule has 0 bridgehead atoms. The molecule has 2 nitrogen and oxygen atoms in total. The molecule has 4 rings (SSSR count). The van der Waals surface area contributed by atoms with Gasteiger partial charge in [-0.1, -0.05) is 61.5 Å². The van der Waals surface area contributed by atoms with Crippen LogP contribution >= 0.6 is 11.3 Å². The van der Waals surface area contributed by atoms with Gasteiger partial charge in [0.25, 0.3) is 0 Å². The van der Waals surface area contributed by atoms with Gasteiger partial charge in [-0.05, 0) is 41.9 Å². The van der Waals surface area contributed by atoms with Crippen LogP contribution in [-0.2, 0) is 12.8 Å². The van der Waals surface area contributed by atoms with Crippen molar-refractivity contribution in [1.29, 1.82) is 0 Å². The number of benzene rings is 2. The summed E-state index contributed by atoms with van der Waals surface area (Å²) in [5.41, 5.74) is 11.2. The molecule has 1 aromatic heterocycles. The Morgan fingerprint density at radius 2 is 1.72 bits per heavy atom. The maximum Gasteiger partial charge on any atom is 0.196 e. The minimum Gasteiger partial charge on any atom is -0.390 e. The Morgan fingerprint density at radius 3 is 2.44 bits per heavy atom. The highest BCUT2D eigenvalue weighted by Gasteiger charge is 2.27. The first-order valence-electron chi connectivity index (χ1n) is 8.73. The van der Waals surface area contributed by atoms with Gasteiger partial charge in [0.15, 0.2) is 5.78 Å². The molecule has 0 saturated heterocycles. The van der Waals surface area contributed by atoms with Crippen molar-refractivity contribution in [3.8, 4) is 11.1 Å². The lowest BCUT2D eigenvalue weighted by Crippen LogP contribution is -2.13. The number of hydrogen-bond donors (Lipinski definition) is 1. The SMILES string of the molecule is CC1CCc2c(sc(N)c2C(=O)c2ccc(-c3ccccc3)cc2)C1. The van der Waals surface area contributed by atoms with Crippen LogP contribution in [0.3, 0.4) is 0 Å². The third-order valence-electron chi connectivity index (χ3n) is 5.02. The van der Waals surface area contributed by atoms with E-state index in [0.717, 1.165) is 36.0 Å². The standard InChI is InChI=1S/C22H21NOS/c1-14-7-12-18-19(13-14)25-22(23)20(18)21(24)17-10-8-16(9-11-17)15-5-3-2-4-6-15/h2-6,8-11,14H,7,12-13,23H2,1H3. The number of anilines is 1. The first-order valence-corrected chi connectivity index (χ1v) is 9.55. The third-order valence-corrected chi connectivity index (χ3v) is 6.10. The van der Waals surface area contributed by atoms with E-state index < -0.39 is 0 Å². The summed E-state index contributed by atoms with van der Waals surface area (Å²) in [7, 11) is 0. The van der Waals surface area contributed by atoms with Gasteiger partial charge < -0.3 is 5.73 Å². The van der Waals surface area contributed by atoms with Gasteiger partial charge >= 0.3 is 0 Å². The van der Waals surface area contributed by atoms with Gasteiger partial charge in [-0.15, -0.1) is 11.3 Å². The Hall–Kier alpha value is -2.39. The molecule has 2 N–H and O–H groups in total. The minimum absolute atomic E-state index is 0.0594. The molecule has 0 aliphatic heterocycles. The number of hydrogen-bond acceptors (Lipinski definition) is 3. The summed E-state index contributed by atoms with van der Waals surface area (Å²) < 4.78 is 0. The fourth-order valence-electron chi connectivity index (χ4n) is 3.61. The van der Waals surface area contributed by atoms with Gasteiger partial charge in [0.1, 0.15) is 0 Å². The van der Waals surface area contributed by atoms with Crippen LogP contribution in [0.5, 0.6) is 0 Å². The molecular weight excluding hydrogens is 326 g/mol. The average molecular weight is 347 g/mol. The van der Waals surface area contributed by atoms with Crippen LogP contribution in [0.15, 0.2) is 54.6 Å². The lowest BCUT2D eigenvalue weighted by atomic mass is 9.86. The van der Waals surface area contributed by atoms with E-state index in [-0.39, 0.29) is 5.78 Å². The monoisotopic (exact) mass is 347 g/mol. The fraction of sp³-hybridized carbons (Fsp3) is 0.227. The van der Waals surface area contributed by atoms with E-state index in [1.54, 1.807) is 11.3 Å². The number of fused-ring (bicyclic) bond motifs is 1. The molecule has 2 aromatic carbocycles. The van der Waals surface area contributed by atoms with Crippen molar-refractivity contribution < 1.29 is 4.79 Å². The van der Waals surface area contributed by atoms with E-state index in [9.17, 15) is 4.79 Å². The predicted octanol–water partition coefficient (Wildman–Crippen LogP) is 5.35. The Balaban J connectivity index is 1.66. The number of carbonyl (C=O) groups is 1. The van der Waals surface area contributed by atoms with Gasteiger partial charge in [0.2, 0.25) is 0 Å². The van der Waals surface area contributed by atoms with Crippen molar-refractivity contribution in [1.82, 2.24) is 0 Å². The summed E-state index contributed by atoms with van der Waals surface area (Å²) in [6, 6.07) is 18.1. The molecule has 0 fully saturated rings. The average Bonchev–Trinajstić information content (AvgIpc) is 2.97. The molecule has 0 radical (unpaired) electrons. The Morgan fingerprint density at radius 1 is 1.04 bits per heavy atom. The molecule has 0 saturated carbocycles. The maximum absolute atomic E-state index is 13.1. The van der Waals surface area contributed by atoms with Gasteiger partial charge in [-0.25, -0.2) is 0 Å². The predicted molar refractivity (Wildman–Crippen MR) is 105 cm³/mol. The Bertz CT molecular complexity index is 909. The number of carbonyl (C=O) groups excluding carboxylic acids is 1. The molecule has 1 unspecified atom stereocenters. The lowest BCUT2D eigenvalue weighted by Gasteiger charge is -2.18. The van der Waals surface area contributed by atoms with Crippen LogP contribution < -0.4 is 5.73 Å². The van der Waals surface area contributed by atoms with E-state index in [2.05, 4.69) is 19.1 Å². The number of rotatable bonds is 3. The molecule has 1 atom stereocenters. The van der Waals surface area contributed by atoms with E-state index in [1.807, 2.05) is 42.5 Å². The second-order valence-corrected chi connectivity index (χ2v) is 8.00. The first kappa shape index (κ1) is 16.1. The number of thiophene rings is 1. The van der Waals surface area contributed by atoms with Gasteiger partial charge in [-0.3, -0.25) is 4.79 Å². The smallest absolute Gasteiger partial charge is 0.196 e. The van der Waals surface area contributed by atoms with E-state index in [1.165, 1.54) is 10.4 Å². The van der Waals surface area contributed by atoms with Crippen LogP contribution in [0, 0.1) is 5.92 Å². The normalized spacial score (nSPS) is 16.4. The molecular formula is C22H21NOS. The van der Waals surface area contributed by atoms with E-state index in [0.29, 0.717) is 16.5 Å². The largest absolute Gasteiger partial charge is 0.390 e. The zero-order valence-electron chi connectivity index (χ0n) is 14.3. The van der Waals surface area contributed by atoms with E-state index >= 15 is 0 Å². The highest BCUT2D eigenvalue weighted by atomic mass is 32.1. The molecule has 0 spiro atoms. The van der Waals surface area contributed by atoms with Gasteiger partial charge in [0, 0.05) is 10.4 Å². The third kappa shape index (κ3) is 3.00. The van der Waals surface area contributed by atoms with Crippen molar-refractivity contribution in [2.75, 3.05) is 5.73 Å². The summed E-state index contributed by atoms with van der Waals surface area (Å²) in [6.07, 6.45) is 3.15. The summed E-state index contributed by atoms with van der Waals surface area (Å²) >= 11 is 1.60. The van der Waals surface area contributed by atoms with Crippen LogP contribution in [-0.4, -0.2) is 5.78 Å². The second kappa shape index (κ2) is 6.49. The zero-order chi connectivity index (χ0) is 17.4. The second-order valence-electron chi connectivity index (χ2n) is 6.86. The van der Waals surface area contributed by atoms with Crippen molar-refractivity contribution >= 4 is 22.1 Å².